The first kappa shape index (κ1) is 18.7. The number of benzene rings is 3. The summed E-state index contributed by atoms with van der Waals surface area (Å²) in [5, 5.41) is 24.3. The fraction of sp³-hybridized carbons (Fsp3) is 0.417. The molecular formula is C24H27NO4. The van der Waals surface area contributed by atoms with Crippen molar-refractivity contribution in [3.63, 3.8) is 0 Å². The van der Waals surface area contributed by atoms with Crippen LogP contribution in [0.4, 0.5) is 0 Å². The summed E-state index contributed by atoms with van der Waals surface area (Å²) in [5.74, 6) is 1.45. The first-order valence-electron chi connectivity index (χ1n) is 10.3. The zero-order chi connectivity index (χ0) is 20.1. The van der Waals surface area contributed by atoms with Crippen LogP contribution in [-0.4, -0.2) is 41.9 Å². The number of hydrogen-bond donors (Lipinski definition) is 2. The van der Waals surface area contributed by atoms with Crippen LogP contribution in [0.1, 0.15) is 35.1 Å². The lowest BCUT2D eigenvalue weighted by Gasteiger charge is -2.33. The Balaban J connectivity index is 1.90. The first-order valence-corrected chi connectivity index (χ1v) is 10.3. The molecule has 29 heavy (non-hydrogen) atoms. The van der Waals surface area contributed by atoms with Crippen molar-refractivity contribution in [3.8, 4) is 11.5 Å². The summed E-state index contributed by atoms with van der Waals surface area (Å²) in [7, 11) is 3.31. The van der Waals surface area contributed by atoms with E-state index < -0.39 is 0 Å². The maximum absolute atomic E-state index is 9.88. The van der Waals surface area contributed by atoms with E-state index in [1.807, 2.05) is 12.1 Å². The smallest absolute Gasteiger partial charge is 0.125 e. The summed E-state index contributed by atoms with van der Waals surface area (Å²) in [6, 6.07) is 8.86. The molecule has 0 unspecified atom stereocenters. The molecule has 5 nitrogen and oxygen atoms in total. The van der Waals surface area contributed by atoms with Crippen LogP contribution in [0.5, 0.6) is 11.5 Å². The highest BCUT2D eigenvalue weighted by Crippen LogP contribution is 2.43. The van der Waals surface area contributed by atoms with E-state index in [-0.39, 0.29) is 13.2 Å². The number of ether oxygens (including phenoxy) is 2. The summed E-state index contributed by atoms with van der Waals surface area (Å²) in [4.78, 5) is 2.60. The number of aliphatic hydroxyl groups excluding tert-OH is 2. The lowest BCUT2D eigenvalue weighted by Crippen LogP contribution is -2.35. The molecule has 2 N–H and O–H groups in total. The second-order valence-corrected chi connectivity index (χ2v) is 8.16. The molecule has 3 aromatic rings. The average molecular weight is 393 g/mol. The van der Waals surface area contributed by atoms with E-state index in [2.05, 4.69) is 17.0 Å². The van der Waals surface area contributed by atoms with Gasteiger partial charge in [0.15, 0.2) is 0 Å². The third-order valence-electron chi connectivity index (χ3n) is 6.79. The van der Waals surface area contributed by atoms with Gasteiger partial charge in [0.05, 0.1) is 27.4 Å². The topological polar surface area (TPSA) is 62.2 Å². The van der Waals surface area contributed by atoms with Crippen LogP contribution < -0.4 is 9.47 Å². The second-order valence-electron chi connectivity index (χ2n) is 8.16. The molecule has 2 heterocycles. The van der Waals surface area contributed by atoms with Crippen molar-refractivity contribution in [1.29, 1.82) is 0 Å². The zero-order valence-corrected chi connectivity index (χ0v) is 17.0. The van der Waals surface area contributed by atoms with Gasteiger partial charge in [-0.25, -0.2) is 0 Å². The lowest BCUT2D eigenvalue weighted by atomic mass is 9.84. The predicted molar refractivity (Wildman–Crippen MR) is 114 cm³/mol. The Morgan fingerprint density at radius 3 is 2.00 bits per heavy atom. The van der Waals surface area contributed by atoms with Gasteiger partial charge in [0.2, 0.25) is 0 Å². The highest BCUT2D eigenvalue weighted by Gasteiger charge is 2.32. The third-order valence-corrected chi connectivity index (χ3v) is 6.79. The van der Waals surface area contributed by atoms with Gasteiger partial charge < -0.3 is 19.7 Å². The second kappa shape index (κ2) is 7.17. The zero-order valence-electron chi connectivity index (χ0n) is 17.0. The molecular weight excluding hydrogens is 366 g/mol. The maximum atomic E-state index is 9.88. The molecule has 1 atom stereocenters. The Morgan fingerprint density at radius 2 is 1.45 bits per heavy atom. The fourth-order valence-corrected chi connectivity index (χ4v) is 5.33. The minimum Gasteiger partial charge on any atom is -0.496 e. The number of rotatable bonds is 4. The number of methoxy groups -OCH3 is 2. The summed E-state index contributed by atoms with van der Waals surface area (Å²) in [5.41, 5.74) is 4.29. The van der Waals surface area contributed by atoms with E-state index in [9.17, 15) is 10.2 Å². The monoisotopic (exact) mass is 393 g/mol. The normalized spacial score (nSPS) is 18.8. The molecule has 2 aliphatic heterocycles. The van der Waals surface area contributed by atoms with Crippen LogP contribution in [-0.2, 0) is 26.2 Å². The summed E-state index contributed by atoms with van der Waals surface area (Å²) < 4.78 is 11.2. The van der Waals surface area contributed by atoms with Gasteiger partial charge in [0.1, 0.15) is 11.5 Å². The molecule has 5 rings (SSSR count). The van der Waals surface area contributed by atoms with E-state index in [0.717, 1.165) is 52.9 Å². The van der Waals surface area contributed by atoms with Crippen LogP contribution in [0.3, 0.4) is 0 Å². The van der Waals surface area contributed by atoms with Crippen LogP contribution in [0, 0.1) is 0 Å². The molecule has 2 aliphatic rings. The van der Waals surface area contributed by atoms with Crippen molar-refractivity contribution in [2.75, 3.05) is 20.8 Å². The van der Waals surface area contributed by atoms with Gasteiger partial charge in [-0.2, -0.15) is 0 Å². The third kappa shape index (κ3) is 2.80. The van der Waals surface area contributed by atoms with Crippen molar-refractivity contribution in [2.24, 2.45) is 0 Å². The van der Waals surface area contributed by atoms with Gasteiger partial charge in [-0.1, -0.05) is 0 Å². The van der Waals surface area contributed by atoms with Crippen molar-refractivity contribution in [1.82, 2.24) is 4.90 Å². The molecule has 5 heteroatoms. The summed E-state index contributed by atoms with van der Waals surface area (Å²) in [6.07, 6.45) is 3.54. The van der Waals surface area contributed by atoms with Crippen LogP contribution in [0.2, 0.25) is 0 Å². The lowest BCUT2D eigenvalue weighted by molar-refractivity contribution is 0.229. The number of aliphatic hydroxyl groups is 2. The molecule has 0 spiro atoms. The largest absolute Gasteiger partial charge is 0.496 e. The highest BCUT2D eigenvalue weighted by molar-refractivity contribution is 6.12. The van der Waals surface area contributed by atoms with Gasteiger partial charge in [-0.3, -0.25) is 4.90 Å². The standard InChI is InChI=1S/C24H27NO4/c1-28-23-9-20-17(6-14(23)12-26)18-7-15(13-27)24(29-2)10-21(18)22-11-25-5-3-4-16(25)8-19(20)22/h6-7,9-10,16,26-27H,3-5,8,11-13H2,1-2H3/t16-/m0/s1. The van der Waals surface area contributed by atoms with Crippen LogP contribution in [0.15, 0.2) is 24.3 Å². The minimum absolute atomic E-state index is 0.0723. The predicted octanol–water partition coefficient (Wildman–Crippen LogP) is 3.52. The Bertz CT molecular complexity index is 1020. The van der Waals surface area contributed by atoms with Crippen molar-refractivity contribution >= 4 is 21.5 Å². The van der Waals surface area contributed by atoms with E-state index >= 15 is 0 Å². The number of hydrogen-bond acceptors (Lipinski definition) is 5. The molecule has 0 aromatic heterocycles. The Morgan fingerprint density at radius 1 is 0.862 bits per heavy atom. The Kier molecular flexibility index (Phi) is 4.62. The van der Waals surface area contributed by atoms with E-state index in [0.29, 0.717) is 6.04 Å². The molecule has 1 saturated heterocycles. The van der Waals surface area contributed by atoms with E-state index in [1.54, 1.807) is 14.2 Å². The van der Waals surface area contributed by atoms with Gasteiger partial charge in [-0.05, 0) is 82.7 Å². The molecule has 0 aliphatic carbocycles. The fourth-order valence-electron chi connectivity index (χ4n) is 5.33. The minimum atomic E-state index is -0.0745. The Labute approximate surface area is 170 Å². The Hall–Kier alpha value is -2.34. The van der Waals surface area contributed by atoms with Gasteiger partial charge >= 0.3 is 0 Å². The molecule has 0 amide bonds. The average Bonchev–Trinajstić information content (AvgIpc) is 3.23. The highest BCUT2D eigenvalue weighted by atomic mass is 16.5. The van der Waals surface area contributed by atoms with Gasteiger partial charge in [0, 0.05) is 23.7 Å². The molecule has 0 bridgehead atoms. The van der Waals surface area contributed by atoms with E-state index in [1.165, 1.54) is 34.7 Å². The summed E-state index contributed by atoms with van der Waals surface area (Å²) in [6.45, 7) is 1.95. The van der Waals surface area contributed by atoms with Crippen LogP contribution >= 0.6 is 0 Å². The van der Waals surface area contributed by atoms with Crippen molar-refractivity contribution in [2.45, 2.75) is 45.1 Å². The molecule has 1 fully saturated rings. The number of nitrogens with zero attached hydrogens (tertiary/aromatic N) is 1. The van der Waals surface area contributed by atoms with Crippen LogP contribution in [0.25, 0.3) is 21.5 Å². The SMILES string of the molecule is COc1cc2c3c(c4cc(OC)c(CO)cc4c2cc1CO)CN1CCC[C@H]1C3. The quantitative estimate of drug-likeness (QED) is 0.664. The van der Waals surface area contributed by atoms with Gasteiger partial charge in [0.25, 0.3) is 0 Å². The first-order chi connectivity index (χ1) is 14.2. The summed E-state index contributed by atoms with van der Waals surface area (Å²) >= 11 is 0. The van der Waals surface area contributed by atoms with E-state index in [4.69, 9.17) is 9.47 Å². The van der Waals surface area contributed by atoms with Gasteiger partial charge in [-0.15, -0.1) is 0 Å². The molecule has 152 valence electrons. The maximum Gasteiger partial charge on any atom is 0.125 e. The van der Waals surface area contributed by atoms with Crippen molar-refractivity contribution in [3.05, 3.63) is 46.5 Å². The molecule has 0 radical (unpaired) electrons. The van der Waals surface area contributed by atoms with Crippen molar-refractivity contribution < 1.29 is 19.7 Å². The number of fused-ring (bicyclic) bond motifs is 7. The molecule has 0 saturated carbocycles. The molecule has 3 aromatic carbocycles.